The Balaban J connectivity index is 2.68. The van der Waals surface area contributed by atoms with Crippen molar-refractivity contribution in [1.29, 1.82) is 0 Å². The van der Waals surface area contributed by atoms with Crippen LogP contribution in [0.15, 0.2) is 22.7 Å². The molecular formula is C10H10BrClFNO. The van der Waals surface area contributed by atoms with E-state index < -0.39 is 5.82 Å². The Hall–Kier alpha value is -0.610. The van der Waals surface area contributed by atoms with Crippen molar-refractivity contribution in [3.63, 3.8) is 0 Å². The summed E-state index contributed by atoms with van der Waals surface area (Å²) in [6, 6.07) is 3.99. The lowest BCUT2D eigenvalue weighted by atomic mass is 10.2. The molecule has 0 unspecified atom stereocenters. The number of carbonyl (C=O) groups excluding carboxylic acids is 1. The fourth-order valence-corrected chi connectivity index (χ4v) is 1.60. The third-order valence-corrected chi connectivity index (χ3v) is 2.73. The highest BCUT2D eigenvalue weighted by molar-refractivity contribution is 9.10. The Labute approximate surface area is 101 Å². The second-order valence-electron chi connectivity index (χ2n) is 2.92. The molecule has 0 aliphatic rings. The zero-order valence-electron chi connectivity index (χ0n) is 7.90. The van der Waals surface area contributed by atoms with E-state index in [1.807, 2.05) is 0 Å². The number of nitrogens with one attached hydrogen (secondary N) is 1. The SMILES string of the molecule is O=C(NCCCCl)c1cc(F)ccc1Br. The highest BCUT2D eigenvalue weighted by Crippen LogP contribution is 2.17. The van der Waals surface area contributed by atoms with Gasteiger partial charge >= 0.3 is 0 Å². The number of rotatable bonds is 4. The molecule has 0 heterocycles. The second kappa shape index (κ2) is 6.08. The summed E-state index contributed by atoms with van der Waals surface area (Å²) in [5.41, 5.74) is 0.296. The van der Waals surface area contributed by atoms with Gasteiger partial charge in [0, 0.05) is 16.9 Å². The number of benzene rings is 1. The molecule has 2 nitrogen and oxygen atoms in total. The van der Waals surface area contributed by atoms with Gasteiger partial charge in [0.2, 0.25) is 0 Å². The van der Waals surface area contributed by atoms with Crippen LogP contribution >= 0.6 is 27.5 Å². The van der Waals surface area contributed by atoms with Gasteiger partial charge in [-0.2, -0.15) is 0 Å². The number of halogens is 3. The standard InChI is InChI=1S/C10H10BrClFNO/c11-9-3-2-7(13)6-8(9)10(15)14-5-1-4-12/h2-3,6H,1,4-5H2,(H,14,15). The second-order valence-corrected chi connectivity index (χ2v) is 4.15. The predicted molar refractivity (Wildman–Crippen MR) is 61.8 cm³/mol. The first kappa shape index (κ1) is 12.5. The van der Waals surface area contributed by atoms with E-state index in [1.165, 1.54) is 18.2 Å². The molecule has 1 amide bonds. The largest absolute Gasteiger partial charge is 0.352 e. The zero-order chi connectivity index (χ0) is 11.3. The predicted octanol–water partition coefficient (Wildman–Crippen LogP) is 2.95. The Morgan fingerprint density at radius 3 is 2.93 bits per heavy atom. The van der Waals surface area contributed by atoms with Gasteiger partial charge in [0.05, 0.1) is 5.56 Å². The summed E-state index contributed by atoms with van der Waals surface area (Å²) in [7, 11) is 0. The molecule has 1 aromatic carbocycles. The molecule has 0 saturated heterocycles. The first-order valence-electron chi connectivity index (χ1n) is 4.44. The molecule has 0 aliphatic heterocycles. The van der Waals surface area contributed by atoms with Crippen LogP contribution in [0.3, 0.4) is 0 Å². The quantitative estimate of drug-likeness (QED) is 0.671. The summed E-state index contributed by atoms with van der Waals surface area (Å²) < 4.78 is 13.5. The molecule has 0 bridgehead atoms. The number of amides is 1. The fraction of sp³-hybridized carbons (Fsp3) is 0.300. The van der Waals surface area contributed by atoms with E-state index in [0.29, 0.717) is 28.9 Å². The topological polar surface area (TPSA) is 29.1 Å². The van der Waals surface area contributed by atoms with E-state index in [1.54, 1.807) is 0 Å². The van der Waals surface area contributed by atoms with Crippen molar-refractivity contribution in [2.24, 2.45) is 0 Å². The first-order chi connectivity index (χ1) is 7.15. The summed E-state index contributed by atoms with van der Waals surface area (Å²) in [5.74, 6) is -0.239. The van der Waals surface area contributed by atoms with E-state index >= 15 is 0 Å². The fourth-order valence-electron chi connectivity index (χ4n) is 1.04. The van der Waals surface area contributed by atoms with Crippen molar-refractivity contribution in [2.45, 2.75) is 6.42 Å². The molecule has 1 rings (SSSR count). The van der Waals surface area contributed by atoms with Crippen LogP contribution in [-0.4, -0.2) is 18.3 Å². The van der Waals surface area contributed by atoms with E-state index in [4.69, 9.17) is 11.6 Å². The average molecular weight is 295 g/mol. The first-order valence-corrected chi connectivity index (χ1v) is 5.77. The van der Waals surface area contributed by atoms with Crippen LogP contribution in [0.1, 0.15) is 16.8 Å². The Kier molecular flexibility index (Phi) is 5.05. The van der Waals surface area contributed by atoms with Crippen LogP contribution in [0, 0.1) is 5.82 Å². The Morgan fingerprint density at radius 1 is 1.53 bits per heavy atom. The van der Waals surface area contributed by atoms with Crippen molar-refractivity contribution in [3.05, 3.63) is 34.1 Å². The van der Waals surface area contributed by atoms with Crippen molar-refractivity contribution in [1.82, 2.24) is 5.32 Å². The molecule has 0 radical (unpaired) electrons. The minimum absolute atomic E-state index is 0.296. The van der Waals surface area contributed by atoms with E-state index in [9.17, 15) is 9.18 Å². The molecule has 0 atom stereocenters. The molecule has 1 aromatic rings. The average Bonchev–Trinajstić information content (AvgIpc) is 2.22. The summed E-state index contributed by atoms with van der Waals surface area (Å²) in [5, 5.41) is 2.65. The van der Waals surface area contributed by atoms with Gasteiger partial charge in [0.25, 0.3) is 5.91 Å². The minimum atomic E-state index is -0.430. The van der Waals surface area contributed by atoms with Crippen molar-refractivity contribution in [2.75, 3.05) is 12.4 Å². The summed E-state index contributed by atoms with van der Waals surface area (Å²) in [6.07, 6.45) is 0.695. The van der Waals surface area contributed by atoms with E-state index in [2.05, 4.69) is 21.2 Å². The number of hydrogen-bond donors (Lipinski definition) is 1. The molecule has 0 aromatic heterocycles. The molecule has 0 aliphatic carbocycles. The third-order valence-electron chi connectivity index (χ3n) is 1.77. The van der Waals surface area contributed by atoms with Crippen LogP contribution in [0.2, 0.25) is 0 Å². The van der Waals surface area contributed by atoms with Crippen molar-refractivity contribution in [3.8, 4) is 0 Å². The molecular weight excluding hydrogens is 284 g/mol. The minimum Gasteiger partial charge on any atom is -0.352 e. The maximum atomic E-state index is 12.9. The maximum absolute atomic E-state index is 12.9. The van der Waals surface area contributed by atoms with Gasteiger partial charge in [-0.15, -0.1) is 11.6 Å². The molecule has 0 fully saturated rings. The smallest absolute Gasteiger partial charge is 0.252 e. The molecule has 82 valence electrons. The Bertz CT molecular complexity index is 359. The highest BCUT2D eigenvalue weighted by Gasteiger charge is 2.09. The van der Waals surface area contributed by atoms with Gasteiger partial charge in [0.1, 0.15) is 5.82 Å². The lowest BCUT2D eigenvalue weighted by molar-refractivity contribution is 0.0952. The highest BCUT2D eigenvalue weighted by atomic mass is 79.9. The molecule has 0 saturated carbocycles. The number of alkyl halides is 1. The van der Waals surface area contributed by atoms with Crippen LogP contribution in [0.5, 0.6) is 0 Å². The summed E-state index contributed by atoms with van der Waals surface area (Å²) in [6.45, 7) is 0.491. The molecule has 5 heteroatoms. The summed E-state index contributed by atoms with van der Waals surface area (Å²) in [4.78, 5) is 11.5. The van der Waals surface area contributed by atoms with Crippen LogP contribution < -0.4 is 5.32 Å². The van der Waals surface area contributed by atoms with Gasteiger partial charge < -0.3 is 5.32 Å². The van der Waals surface area contributed by atoms with Gasteiger partial charge in [-0.05, 0) is 40.5 Å². The van der Waals surface area contributed by atoms with Crippen LogP contribution in [-0.2, 0) is 0 Å². The Morgan fingerprint density at radius 2 is 2.27 bits per heavy atom. The number of carbonyl (C=O) groups is 1. The lowest BCUT2D eigenvalue weighted by Crippen LogP contribution is -2.25. The lowest BCUT2D eigenvalue weighted by Gasteiger charge is -2.05. The van der Waals surface area contributed by atoms with Crippen molar-refractivity contribution >= 4 is 33.4 Å². The normalized spacial score (nSPS) is 10.1. The van der Waals surface area contributed by atoms with Gasteiger partial charge in [-0.3, -0.25) is 4.79 Å². The van der Waals surface area contributed by atoms with E-state index in [0.717, 1.165) is 0 Å². The van der Waals surface area contributed by atoms with Gasteiger partial charge in [0.15, 0.2) is 0 Å². The van der Waals surface area contributed by atoms with Crippen molar-refractivity contribution < 1.29 is 9.18 Å². The monoisotopic (exact) mass is 293 g/mol. The molecule has 0 spiro atoms. The molecule has 1 N–H and O–H groups in total. The van der Waals surface area contributed by atoms with E-state index in [-0.39, 0.29) is 5.91 Å². The maximum Gasteiger partial charge on any atom is 0.252 e. The molecule has 15 heavy (non-hydrogen) atoms. The van der Waals surface area contributed by atoms with Gasteiger partial charge in [-0.25, -0.2) is 4.39 Å². The number of hydrogen-bond acceptors (Lipinski definition) is 1. The zero-order valence-corrected chi connectivity index (χ0v) is 10.2. The van der Waals surface area contributed by atoms with Crippen LogP contribution in [0.4, 0.5) is 4.39 Å². The summed E-state index contributed by atoms with van der Waals surface area (Å²) >= 11 is 8.65. The van der Waals surface area contributed by atoms with Gasteiger partial charge in [-0.1, -0.05) is 0 Å². The third kappa shape index (κ3) is 3.80. The van der Waals surface area contributed by atoms with Crippen LogP contribution in [0.25, 0.3) is 0 Å².